The van der Waals surface area contributed by atoms with Crippen LogP contribution >= 0.6 is 0 Å². The van der Waals surface area contributed by atoms with Crippen molar-refractivity contribution in [3.63, 3.8) is 0 Å². The maximum atomic E-state index is 13.6. The zero-order valence-corrected chi connectivity index (χ0v) is 21.9. The number of fused-ring (bicyclic) bond motifs is 1. The Morgan fingerprint density at radius 3 is 2.32 bits per heavy atom. The molecular weight excluding hydrogens is 468 g/mol. The van der Waals surface area contributed by atoms with Crippen LogP contribution in [0.1, 0.15) is 56.9 Å². The zero-order chi connectivity index (χ0) is 25.9. The van der Waals surface area contributed by atoms with E-state index in [0.29, 0.717) is 31.0 Å². The summed E-state index contributed by atoms with van der Waals surface area (Å²) in [7, 11) is 3.39. The van der Waals surface area contributed by atoms with Crippen molar-refractivity contribution >= 4 is 17.6 Å². The number of carboxylic acid groups (broad SMARTS) is 1. The molecule has 1 aromatic carbocycles. The van der Waals surface area contributed by atoms with Crippen LogP contribution in [-0.4, -0.2) is 66.7 Å². The Balaban J connectivity index is 1.55. The van der Waals surface area contributed by atoms with Gasteiger partial charge in [-0.3, -0.25) is 4.79 Å². The summed E-state index contributed by atoms with van der Waals surface area (Å²) in [5.41, 5.74) is 4.78. The summed E-state index contributed by atoms with van der Waals surface area (Å²) >= 11 is 0. The van der Waals surface area contributed by atoms with Crippen molar-refractivity contribution in [2.45, 2.75) is 57.5 Å². The smallest absolute Gasteiger partial charge is 0.335 e. The lowest BCUT2D eigenvalue weighted by molar-refractivity contribution is -0.133. The van der Waals surface area contributed by atoms with Gasteiger partial charge in [-0.05, 0) is 79.5 Å². The first kappa shape index (κ1) is 25.6. The number of carbonyl (C=O) groups is 2. The normalized spacial score (nSPS) is 23.0. The number of carbonyl (C=O) groups excluding carboxylic acids is 1. The first-order valence-electron chi connectivity index (χ1n) is 13.6. The van der Waals surface area contributed by atoms with Crippen LogP contribution in [0, 0.1) is 11.8 Å². The summed E-state index contributed by atoms with van der Waals surface area (Å²) in [4.78, 5) is 29.7. The van der Waals surface area contributed by atoms with Crippen molar-refractivity contribution in [3.05, 3.63) is 58.8 Å². The van der Waals surface area contributed by atoms with Gasteiger partial charge in [-0.2, -0.15) is 0 Å². The molecule has 1 aromatic rings. The number of carboxylic acids is 1. The summed E-state index contributed by atoms with van der Waals surface area (Å²) in [6.45, 7) is 1.58. The van der Waals surface area contributed by atoms with Crippen LogP contribution < -0.4 is 4.74 Å². The molecule has 1 N–H and O–H groups in total. The maximum absolute atomic E-state index is 13.6. The highest BCUT2D eigenvalue weighted by atomic mass is 16.5. The number of hydrogen-bond donors (Lipinski definition) is 1. The topological polar surface area (TPSA) is 79.3 Å². The van der Waals surface area contributed by atoms with Gasteiger partial charge in [0.25, 0.3) is 0 Å². The molecule has 2 aliphatic heterocycles. The number of likely N-dealkylation sites (tertiary alicyclic amines) is 1. The molecule has 2 heterocycles. The van der Waals surface area contributed by atoms with Crippen LogP contribution in [0.4, 0.5) is 0 Å². The largest absolute Gasteiger partial charge is 0.497 e. The highest BCUT2D eigenvalue weighted by Gasteiger charge is 2.42. The molecule has 7 nitrogen and oxygen atoms in total. The highest BCUT2D eigenvalue weighted by Crippen LogP contribution is 2.51. The van der Waals surface area contributed by atoms with E-state index in [9.17, 15) is 14.7 Å². The van der Waals surface area contributed by atoms with E-state index in [4.69, 9.17) is 9.47 Å². The molecule has 2 aliphatic carbocycles. The first-order chi connectivity index (χ1) is 18.0. The molecule has 7 heteroatoms. The molecule has 1 amide bonds. The third-order valence-electron chi connectivity index (χ3n) is 8.54. The Kier molecular flexibility index (Phi) is 7.70. The van der Waals surface area contributed by atoms with Gasteiger partial charge in [0.1, 0.15) is 12.3 Å². The van der Waals surface area contributed by atoms with Crippen LogP contribution in [0.5, 0.6) is 5.75 Å². The number of amides is 1. The standard InChI is InChI=1S/C30H38N2O5/c1-36-23-11-8-21(9-12-23)29-28(20-6-4-3-5-7-20)25-13-10-22(30(34)35)18-26(25)32(29)19-27(33)31-16-14-24(37-2)15-17-31/h8-12,18,20,24-25H,3-7,13-17,19H2,1-2H3,(H,34,35). The molecule has 0 spiro atoms. The second-order valence-corrected chi connectivity index (χ2v) is 10.6. The molecule has 1 saturated heterocycles. The van der Waals surface area contributed by atoms with E-state index < -0.39 is 5.97 Å². The van der Waals surface area contributed by atoms with E-state index in [1.54, 1.807) is 20.3 Å². The fourth-order valence-corrected chi connectivity index (χ4v) is 6.55. The zero-order valence-electron chi connectivity index (χ0n) is 21.9. The number of methoxy groups -OCH3 is 2. The summed E-state index contributed by atoms with van der Waals surface area (Å²) in [6, 6.07) is 8.07. The number of nitrogens with zero attached hydrogens (tertiary/aromatic N) is 2. The second kappa shape index (κ2) is 11.1. The molecule has 1 unspecified atom stereocenters. The predicted octanol–water partition coefficient (Wildman–Crippen LogP) is 4.85. The van der Waals surface area contributed by atoms with Gasteiger partial charge in [0.2, 0.25) is 5.91 Å². The molecule has 1 atom stereocenters. The third kappa shape index (κ3) is 5.19. The summed E-state index contributed by atoms with van der Waals surface area (Å²) in [5, 5.41) is 9.79. The predicted molar refractivity (Wildman–Crippen MR) is 142 cm³/mol. The minimum absolute atomic E-state index is 0.0801. The highest BCUT2D eigenvalue weighted by molar-refractivity contribution is 5.91. The Bertz CT molecular complexity index is 1110. The molecule has 198 valence electrons. The number of rotatable bonds is 7. The van der Waals surface area contributed by atoms with Gasteiger partial charge in [0.15, 0.2) is 0 Å². The van der Waals surface area contributed by atoms with Gasteiger partial charge in [-0.15, -0.1) is 0 Å². The lowest BCUT2D eigenvalue weighted by atomic mass is 9.75. The molecule has 4 aliphatic rings. The minimum atomic E-state index is -0.920. The molecule has 5 rings (SSSR count). The van der Waals surface area contributed by atoms with Gasteiger partial charge >= 0.3 is 5.97 Å². The van der Waals surface area contributed by atoms with Crippen molar-refractivity contribution in [2.75, 3.05) is 33.9 Å². The van der Waals surface area contributed by atoms with E-state index in [1.165, 1.54) is 24.8 Å². The number of piperidine rings is 1. The number of aliphatic carboxylic acids is 1. The van der Waals surface area contributed by atoms with Crippen LogP contribution in [0.2, 0.25) is 0 Å². The number of hydrogen-bond acceptors (Lipinski definition) is 5. The van der Waals surface area contributed by atoms with E-state index in [0.717, 1.165) is 48.4 Å². The van der Waals surface area contributed by atoms with Gasteiger partial charge in [0.05, 0.1) is 18.8 Å². The SMILES string of the molecule is COc1ccc(C2=C(C3CCCCC3)C3CC=C(C(=O)O)C=C3N2CC(=O)N2CCC(OC)CC2)cc1. The lowest BCUT2D eigenvalue weighted by Gasteiger charge is -2.34. The number of allylic oxidation sites excluding steroid dienone is 2. The Morgan fingerprint density at radius 2 is 1.70 bits per heavy atom. The van der Waals surface area contributed by atoms with E-state index in [-0.39, 0.29) is 24.5 Å². The van der Waals surface area contributed by atoms with Crippen LogP contribution in [0.15, 0.2) is 53.3 Å². The molecule has 0 radical (unpaired) electrons. The van der Waals surface area contributed by atoms with Gasteiger partial charge in [-0.1, -0.05) is 25.3 Å². The molecule has 2 fully saturated rings. The molecule has 37 heavy (non-hydrogen) atoms. The van der Waals surface area contributed by atoms with Gasteiger partial charge in [-0.25, -0.2) is 4.79 Å². The van der Waals surface area contributed by atoms with E-state index >= 15 is 0 Å². The Hall–Kier alpha value is -3.06. The number of ether oxygens (including phenoxy) is 2. The lowest BCUT2D eigenvalue weighted by Crippen LogP contribution is -2.44. The molecular formula is C30H38N2O5. The molecule has 1 saturated carbocycles. The van der Waals surface area contributed by atoms with Crippen molar-refractivity contribution in [1.29, 1.82) is 0 Å². The van der Waals surface area contributed by atoms with Gasteiger partial charge < -0.3 is 24.4 Å². The Morgan fingerprint density at radius 1 is 1.00 bits per heavy atom. The van der Waals surface area contributed by atoms with Crippen molar-refractivity contribution in [1.82, 2.24) is 9.80 Å². The van der Waals surface area contributed by atoms with Crippen molar-refractivity contribution in [3.8, 4) is 5.75 Å². The Labute approximate surface area is 219 Å². The van der Waals surface area contributed by atoms with Crippen LogP contribution in [-0.2, 0) is 14.3 Å². The molecule has 0 aromatic heterocycles. The average Bonchev–Trinajstić information content (AvgIpc) is 3.26. The van der Waals surface area contributed by atoms with E-state index in [1.807, 2.05) is 23.1 Å². The summed E-state index contributed by atoms with van der Waals surface area (Å²) in [6.07, 6.45) is 12.2. The first-order valence-corrected chi connectivity index (χ1v) is 13.6. The van der Waals surface area contributed by atoms with Crippen LogP contribution in [0.3, 0.4) is 0 Å². The van der Waals surface area contributed by atoms with Crippen LogP contribution in [0.25, 0.3) is 5.70 Å². The fourth-order valence-electron chi connectivity index (χ4n) is 6.55. The minimum Gasteiger partial charge on any atom is -0.497 e. The quantitative estimate of drug-likeness (QED) is 0.569. The summed E-state index contributed by atoms with van der Waals surface area (Å²) in [5.74, 6) is 0.496. The summed E-state index contributed by atoms with van der Waals surface area (Å²) < 4.78 is 10.9. The molecule has 0 bridgehead atoms. The second-order valence-electron chi connectivity index (χ2n) is 10.6. The van der Waals surface area contributed by atoms with Crippen molar-refractivity contribution < 1.29 is 24.2 Å². The number of benzene rings is 1. The fraction of sp³-hybridized carbons (Fsp3) is 0.533. The monoisotopic (exact) mass is 506 g/mol. The van der Waals surface area contributed by atoms with E-state index in [2.05, 4.69) is 17.0 Å². The van der Waals surface area contributed by atoms with Crippen molar-refractivity contribution in [2.24, 2.45) is 11.8 Å². The third-order valence-corrected chi connectivity index (χ3v) is 8.54. The average molecular weight is 507 g/mol. The maximum Gasteiger partial charge on any atom is 0.335 e. The van der Waals surface area contributed by atoms with Gasteiger partial charge in [0, 0.05) is 37.5 Å².